The quantitative estimate of drug-likeness (QED) is 0.787. The van der Waals surface area contributed by atoms with Crippen LogP contribution < -0.4 is 0 Å². The van der Waals surface area contributed by atoms with Crippen LogP contribution in [0, 0.1) is 11.3 Å². The number of amides is 1. The fraction of sp³-hybridized carbons (Fsp3) is 0.667. The van der Waals surface area contributed by atoms with Gasteiger partial charge in [-0.15, -0.1) is 0 Å². The number of ether oxygens (including phenoxy) is 1. The Morgan fingerprint density at radius 3 is 2.92 bits per heavy atom. The summed E-state index contributed by atoms with van der Waals surface area (Å²) in [5.74, 6) is 0.931. The Hall–Kier alpha value is -1.82. The molecule has 2 aliphatic heterocycles. The molecular formula is C18H26N2O4. The molecule has 1 aromatic rings. The Morgan fingerprint density at radius 2 is 2.25 bits per heavy atom. The van der Waals surface area contributed by atoms with Crippen LogP contribution in [-0.4, -0.2) is 54.5 Å². The van der Waals surface area contributed by atoms with Gasteiger partial charge in [0.05, 0.1) is 24.8 Å². The van der Waals surface area contributed by atoms with Crippen LogP contribution in [0.2, 0.25) is 0 Å². The van der Waals surface area contributed by atoms with E-state index >= 15 is 0 Å². The molecule has 3 rings (SSSR count). The molecule has 1 aromatic heterocycles. The molecule has 0 bridgehead atoms. The standard InChI is InChI=1S/C18H26N2O4/c1-3-23-17(22)18-7-5-8-19(12-16-6-4-9-24-16)10-15(18)11-20(13-18)14(2)21/h4,6,9,15H,3,5,7-8,10-13H2,1-2H3/t15-,18-/m0/s1. The molecule has 0 radical (unpaired) electrons. The Morgan fingerprint density at radius 1 is 1.42 bits per heavy atom. The van der Waals surface area contributed by atoms with Crippen molar-refractivity contribution in [3.8, 4) is 0 Å². The van der Waals surface area contributed by atoms with Crippen LogP contribution >= 0.6 is 0 Å². The van der Waals surface area contributed by atoms with E-state index in [2.05, 4.69) is 4.90 Å². The lowest BCUT2D eigenvalue weighted by Gasteiger charge is -2.31. The van der Waals surface area contributed by atoms with Gasteiger partial charge in [0.25, 0.3) is 0 Å². The molecule has 0 saturated carbocycles. The SMILES string of the molecule is CCOC(=O)[C@]12CCCN(Cc3ccco3)C[C@H]1CN(C(C)=O)C2. The van der Waals surface area contributed by atoms with Crippen LogP contribution in [0.15, 0.2) is 22.8 Å². The number of hydrogen-bond donors (Lipinski definition) is 0. The third kappa shape index (κ3) is 3.20. The maximum absolute atomic E-state index is 12.7. The number of carbonyl (C=O) groups is 2. The predicted octanol–water partition coefficient (Wildman–Crippen LogP) is 1.90. The molecule has 6 heteroatoms. The van der Waals surface area contributed by atoms with E-state index in [9.17, 15) is 9.59 Å². The lowest BCUT2D eigenvalue weighted by Crippen LogP contribution is -2.42. The first-order valence-corrected chi connectivity index (χ1v) is 8.72. The molecule has 2 atom stereocenters. The van der Waals surface area contributed by atoms with E-state index in [-0.39, 0.29) is 17.8 Å². The number of esters is 1. The zero-order valence-corrected chi connectivity index (χ0v) is 14.5. The average molecular weight is 334 g/mol. The van der Waals surface area contributed by atoms with Crippen molar-refractivity contribution in [1.82, 2.24) is 9.80 Å². The Kier molecular flexibility index (Phi) is 4.94. The average Bonchev–Trinajstić information content (AvgIpc) is 3.13. The van der Waals surface area contributed by atoms with E-state index in [1.54, 1.807) is 18.1 Å². The first-order chi connectivity index (χ1) is 11.5. The minimum atomic E-state index is -0.556. The van der Waals surface area contributed by atoms with Crippen molar-refractivity contribution < 1.29 is 18.7 Å². The number of likely N-dealkylation sites (tertiary alicyclic amines) is 2. The minimum Gasteiger partial charge on any atom is -0.468 e. The largest absolute Gasteiger partial charge is 0.468 e. The van der Waals surface area contributed by atoms with Crippen molar-refractivity contribution in [3.05, 3.63) is 24.2 Å². The van der Waals surface area contributed by atoms with Gasteiger partial charge in [-0.2, -0.15) is 0 Å². The highest BCUT2D eigenvalue weighted by Gasteiger charge is 2.54. The van der Waals surface area contributed by atoms with Gasteiger partial charge in [-0.25, -0.2) is 0 Å². The van der Waals surface area contributed by atoms with E-state index in [0.717, 1.165) is 38.2 Å². The molecule has 0 unspecified atom stereocenters. The second-order valence-electron chi connectivity index (χ2n) is 6.89. The molecule has 0 aromatic carbocycles. The summed E-state index contributed by atoms with van der Waals surface area (Å²) in [7, 11) is 0. The van der Waals surface area contributed by atoms with E-state index in [1.807, 2.05) is 19.1 Å². The second kappa shape index (κ2) is 6.97. The molecule has 24 heavy (non-hydrogen) atoms. The van der Waals surface area contributed by atoms with E-state index in [0.29, 0.717) is 19.7 Å². The highest BCUT2D eigenvalue weighted by molar-refractivity contribution is 5.81. The summed E-state index contributed by atoms with van der Waals surface area (Å²) < 4.78 is 10.9. The van der Waals surface area contributed by atoms with Gasteiger partial charge in [0.1, 0.15) is 5.76 Å². The van der Waals surface area contributed by atoms with Gasteiger partial charge in [-0.1, -0.05) is 0 Å². The second-order valence-corrected chi connectivity index (χ2v) is 6.89. The predicted molar refractivity (Wildman–Crippen MR) is 88.0 cm³/mol. The Labute approximate surface area is 142 Å². The van der Waals surface area contributed by atoms with Gasteiger partial charge >= 0.3 is 5.97 Å². The molecule has 2 aliphatic rings. The number of carbonyl (C=O) groups excluding carboxylic acids is 2. The molecule has 0 N–H and O–H groups in total. The van der Waals surface area contributed by atoms with Crippen LogP contribution in [0.1, 0.15) is 32.4 Å². The van der Waals surface area contributed by atoms with Crippen molar-refractivity contribution in [2.45, 2.75) is 33.2 Å². The first kappa shape index (κ1) is 17.0. The number of rotatable bonds is 4. The monoisotopic (exact) mass is 334 g/mol. The maximum Gasteiger partial charge on any atom is 0.314 e. The van der Waals surface area contributed by atoms with Gasteiger partial charge in [0, 0.05) is 32.5 Å². The van der Waals surface area contributed by atoms with Crippen molar-refractivity contribution in [2.24, 2.45) is 11.3 Å². The summed E-state index contributed by atoms with van der Waals surface area (Å²) in [6.45, 7) is 7.35. The van der Waals surface area contributed by atoms with Crippen LogP contribution in [0.25, 0.3) is 0 Å². The van der Waals surface area contributed by atoms with Crippen molar-refractivity contribution in [3.63, 3.8) is 0 Å². The maximum atomic E-state index is 12.7. The van der Waals surface area contributed by atoms with E-state index in [1.165, 1.54) is 0 Å². The van der Waals surface area contributed by atoms with Crippen molar-refractivity contribution in [1.29, 1.82) is 0 Å². The fourth-order valence-electron chi connectivity index (χ4n) is 4.13. The summed E-state index contributed by atoms with van der Waals surface area (Å²) in [5, 5.41) is 0. The normalized spacial score (nSPS) is 27.6. The Balaban J connectivity index is 1.80. The molecule has 0 aliphatic carbocycles. The van der Waals surface area contributed by atoms with Crippen molar-refractivity contribution >= 4 is 11.9 Å². The van der Waals surface area contributed by atoms with Gasteiger partial charge < -0.3 is 14.1 Å². The third-order valence-electron chi connectivity index (χ3n) is 5.36. The molecule has 1 amide bonds. The van der Waals surface area contributed by atoms with E-state index in [4.69, 9.17) is 9.15 Å². The number of nitrogens with zero attached hydrogens (tertiary/aromatic N) is 2. The molecule has 2 saturated heterocycles. The number of fused-ring (bicyclic) bond motifs is 1. The molecule has 132 valence electrons. The van der Waals surface area contributed by atoms with Crippen molar-refractivity contribution in [2.75, 3.05) is 32.8 Å². The minimum absolute atomic E-state index is 0.0318. The third-order valence-corrected chi connectivity index (χ3v) is 5.36. The van der Waals surface area contributed by atoms with E-state index < -0.39 is 5.41 Å². The molecule has 0 spiro atoms. The zero-order chi connectivity index (χ0) is 17.2. The summed E-state index contributed by atoms with van der Waals surface area (Å²) >= 11 is 0. The summed E-state index contributed by atoms with van der Waals surface area (Å²) in [6, 6.07) is 3.86. The van der Waals surface area contributed by atoms with Crippen LogP contribution in [-0.2, 0) is 20.9 Å². The number of furan rings is 1. The highest BCUT2D eigenvalue weighted by Crippen LogP contribution is 2.44. The topological polar surface area (TPSA) is 63.0 Å². The molecule has 3 heterocycles. The van der Waals surface area contributed by atoms with Crippen LogP contribution in [0.5, 0.6) is 0 Å². The summed E-state index contributed by atoms with van der Waals surface area (Å²) in [5.41, 5.74) is -0.556. The van der Waals surface area contributed by atoms with Gasteiger partial charge in [0.2, 0.25) is 5.91 Å². The Bertz CT molecular complexity index is 586. The van der Waals surface area contributed by atoms with Crippen LogP contribution in [0.4, 0.5) is 0 Å². The van der Waals surface area contributed by atoms with Gasteiger partial charge in [-0.3, -0.25) is 14.5 Å². The smallest absolute Gasteiger partial charge is 0.314 e. The lowest BCUT2D eigenvalue weighted by atomic mass is 9.75. The molecule has 2 fully saturated rings. The summed E-state index contributed by atoms with van der Waals surface area (Å²) in [6.07, 6.45) is 3.37. The highest BCUT2D eigenvalue weighted by atomic mass is 16.5. The molecule has 6 nitrogen and oxygen atoms in total. The zero-order valence-electron chi connectivity index (χ0n) is 14.5. The molecular weight excluding hydrogens is 308 g/mol. The lowest BCUT2D eigenvalue weighted by molar-refractivity contribution is -0.157. The fourth-order valence-corrected chi connectivity index (χ4v) is 4.13. The van der Waals surface area contributed by atoms with Crippen LogP contribution in [0.3, 0.4) is 0 Å². The number of hydrogen-bond acceptors (Lipinski definition) is 5. The van der Waals surface area contributed by atoms with Gasteiger partial charge in [-0.05, 0) is 38.4 Å². The first-order valence-electron chi connectivity index (χ1n) is 8.72. The summed E-state index contributed by atoms with van der Waals surface area (Å²) in [4.78, 5) is 28.8. The van der Waals surface area contributed by atoms with Gasteiger partial charge in [0.15, 0.2) is 0 Å².